The molecule has 3 nitrogen and oxygen atoms in total. The summed E-state index contributed by atoms with van der Waals surface area (Å²) in [4.78, 5) is 11.7. The SMILES string of the molecule is COc1c(Cl)cc(C2(C(=O)O)CCC2)cc1C1CCCC1. The van der Waals surface area contributed by atoms with Gasteiger partial charge in [0.05, 0.1) is 17.5 Å². The van der Waals surface area contributed by atoms with Crippen molar-refractivity contribution in [3.8, 4) is 5.75 Å². The summed E-state index contributed by atoms with van der Waals surface area (Å²) in [6, 6.07) is 3.85. The van der Waals surface area contributed by atoms with Crippen LogP contribution in [0.3, 0.4) is 0 Å². The average Bonchev–Trinajstić information content (AvgIpc) is 2.89. The predicted molar refractivity (Wildman–Crippen MR) is 82.4 cm³/mol. The molecule has 0 amide bonds. The quantitative estimate of drug-likeness (QED) is 0.890. The minimum Gasteiger partial charge on any atom is -0.495 e. The van der Waals surface area contributed by atoms with Gasteiger partial charge in [0.25, 0.3) is 0 Å². The monoisotopic (exact) mass is 308 g/mol. The van der Waals surface area contributed by atoms with Crippen LogP contribution in [0.4, 0.5) is 0 Å². The van der Waals surface area contributed by atoms with Gasteiger partial charge in [-0.15, -0.1) is 0 Å². The summed E-state index contributed by atoms with van der Waals surface area (Å²) in [6.07, 6.45) is 7.09. The molecular formula is C17H21ClO3. The lowest BCUT2D eigenvalue weighted by Crippen LogP contribution is -2.42. The predicted octanol–water partition coefficient (Wildman–Crippen LogP) is 4.51. The normalized spacial score (nSPS) is 21.0. The van der Waals surface area contributed by atoms with E-state index in [-0.39, 0.29) is 0 Å². The van der Waals surface area contributed by atoms with Crippen molar-refractivity contribution in [2.24, 2.45) is 0 Å². The van der Waals surface area contributed by atoms with Crippen LogP contribution in [0.5, 0.6) is 5.75 Å². The van der Waals surface area contributed by atoms with Crippen molar-refractivity contribution >= 4 is 17.6 Å². The van der Waals surface area contributed by atoms with Gasteiger partial charge in [0, 0.05) is 0 Å². The number of methoxy groups -OCH3 is 1. The smallest absolute Gasteiger partial charge is 0.314 e. The van der Waals surface area contributed by atoms with E-state index in [1.54, 1.807) is 13.2 Å². The third-order valence-electron chi connectivity index (χ3n) is 5.24. The van der Waals surface area contributed by atoms with Crippen molar-refractivity contribution in [3.05, 3.63) is 28.3 Å². The Balaban J connectivity index is 2.08. The van der Waals surface area contributed by atoms with Crippen LogP contribution in [0.25, 0.3) is 0 Å². The summed E-state index contributed by atoms with van der Waals surface area (Å²) in [5.74, 6) is 0.447. The Labute approximate surface area is 130 Å². The summed E-state index contributed by atoms with van der Waals surface area (Å²) in [5, 5.41) is 10.2. The summed E-state index contributed by atoms with van der Waals surface area (Å²) < 4.78 is 5.49. The van der Waals surface area contributed by atoms with Gasteiger partial charge in [-0.3, -0.25) is 4.79 Å². The maximum atomic E-state index is 11.7. The highest BCUT2D eigenvalue weighted by Crippen LogP contribution is 2.49. The minimum atomic E-state index is -0.733. The highest BCUT2D eigenvalue weighted by molar-refractivity contribution is 6.32. The van der Waals surface area contributed by atoms with E-state index in [0.29, 0.717) is 23.8 Å². The first-order valence-electron chi connectivity index (χ1n) is 7.70. The summed E-state index contributed by atoms with van der Waals surface area (Å²) >= 11 is 6.39. The van der Waals surface area contributed by atoms with Crippen LogP contribution in [0.1, 0.15) is 62.0 Å². The van der Waals surface area contributed by atoms with Crippen molar-refractivity contribution in [1.82, 2.24) is 0 Å². The molecule has 2 aliphatic carbocycles. The van der Waals surface area contributed by atoms with E-state index in [1.165, 1.54) is 12.8 Å². The Morgan fingerprint density at radius 2 is 1.95 bits per heavy atom. The molecule has 0 radical (unpaired) electrons. The van der Waals surface area contributed by atoms with Crippen LogP contribution < -0.4 is 4.74 Å². The first-order chi connectivity index (χ1) is 10.1. The number of carboxylic acids is 1. The second kappa shape index (κ2) is 5.53. The van der Waals surface area contributed by atoms with Crippen LogP contribution in [0.2, 0.25) is 5.02 Å². The van der Waals surface area contributed by atoms with Crippen molar-refractivity contribution in [3.63, 3.8) is 0 Å². The molecule has 2 fully saturated rings. The number of rotatable bonds is 4. The standard InChI is InChI=1S/C17H21ClO3/c1-21-15-13(11-5-2-3-6-11)9-12(10-14(15)18)17(16(19)20)7-4-8-17/h9-11H,2-8H2,1H3,(H,19,20). The highest BCUT2D eigenvalue weighted by Gasteiger charge is 2.46. The highest BCUT2D eigenvalue weighted by atomic mass is 35.5. The number of ether oxygens (including phenoxy) is 1. The van der Waals surface area contributed by atoms with Gasteiger partial charge in [-0.05, 0) is 48.8 Å². The Hall–Kier alpha value is -1.22. The molecular weight excluding hydrogens is 288 g/mol. The van der Waals surface area contributed by atoms with Crippen LogP contribution in [0.15, 0.2) is 12.1 Å². The van der Waals surface area contributed by atoms with Gasteiger partial charge in [0.15, 0.2) is 0 Å². The topological polar surface area (TPSA) is 46.5 Å². The molecule has 1 aromatic carbocycles. The zero-order valence-electron chi connectivity index (χ0n) is 12.3. The fraction of sp³-hybridized carbons (Fsp3) is 0.588. The Morgan fingerprint density at radius 1 is 1.29 bits per heavy atom. The number of carbonyl (C=O) groups is 1. The summed E-state index contributed by atoms with van der Waals surface area (Å²) in [6.45, 7) is 0. The fourth-order valence-electron chi connectivity index (χ4n) is 3.80. The molecule has 1 aromatic rings. The van der Waals surface area contributed by atoms with E-state index >= 15 is 0 Å². The molecule has 3 rings (SSSR count). The lowest BCUT2D eigenvalue weighted by atomic mass is 9.64. The largest absolute Gasteiger partial charge is 0.495 e. The second-order valence-electron chi connectivity index (χ2n) is 6.30. The third-order valence-corrected chi connectivity index (χ3v) is 5.52. The van der Waals surface area contributed by atoms with Crippen LogP contribution in [-0.4, -0.2) is 18.2 Å². The number of carboxylic acid groups (broad SMARTS) is 1. The lowest BCUT2D eigenvalue weighted by molar-refractivity contribution is -0.147. The van der Waals surface area contributed by atoms with Gasteiger partial charge in [-0.1, -0.05) is 36.9 Å². The molecule has 0 saturated heterocycles. The van der Waals surface area contributed by atoms with E-state index in [2.05, 4.69) is 0 Å². The van der Waals surface area contributed by atoms with E-state index in [0.717, 1.165) is 36.1 Å². The Kier molecular flexibility index (Phi) is 3.87. The van der Waals surface area contributed by atoms with Crippen LogP contribution >= 0.6 is 11.6 Å². The van der Waals surface area contributed by atoms with Crippen molar-refractivity contribution in [1.29, 1.82) is 0 Å². The molecule has 0 unspecified atom stereocenters. The van der Waals surface area contributed by atoms with Crippen LogP contribution in [0, 0.1) is 0 Å². The minimum absolute atomic E-state index is 0.448. The van der Waals surface area contributed by atoms with Gasteiger partial charge in [0.2, 0.25) is 0 Å². The second-order valence-corrected chi connectivity index (χ2v) is 6.71. The maximum absolute atomic E-state index is 11.7. The number of hydrogen-bond donors (Lipinski definition) is 1. The molecule has 2 aliphatic rings. The molecule has 0 atom stereocenters. The van der Waals surface area contributed by atoms with Gasteiger partial charge < -0.3 is 9.84 Å². The van der Waals surface area contributed by atoms with E-state index in [4.69, 9.17) is 16.3 Å². The van der Waals surface area contributed by atoms with Gasteiger partial charge in [-0.2, -0.15) is 0 Å². The Bertz CT molecular complexity index is 557. The van der Waals surface area contributed by atoms with E-state index < -0.39 is 11.4 Å². The van der Waals surface area contributed by atoms with Crippen LogP contribution in [-0.2, 0) is 10.2 Å². The molecule has 0 aromatic heterocycles. The molecule has 2 saturated carbocycles. The van der Waals surface area contributed by atoms with Crippen molar-refractivity contribution in [2.45, 2.75) is 56.3 Å². The van der Waals surface area contributed by atoms with Crippen molar-refractivity contribution in [2.75, 3.05) is 7.11 Å². The third kappa shape index (κ3) is 2.32. The molecule has 0 aliphatic heterocycles. The fourth-order valence-corrected chi connectivity index (χ4v) is 4.11. The number of aliphatic carboxylic acids is 1. The van der Waals surface area contributed by atoms with Gasteiger partial charge in [0.1, 0.15) is 5.75 Å². The molecule has 0 spiro atoms. The molecule has 1 N–H and O–H groups in total. The number of hydrogen-bond acceptors (Lipinski definition) is 2. The first kappa shape index (κ1) is 14.7. The van der Waals surface area contributed by atoms with Crippen molar-refractivity contribution < 1.29 is 14.6 Å². The van der Waals surface area contributed by atoms with Gasteiger partial charge >= 0.3 is 5.97 Å². The zero-order valence-corrected chi connectivity index (χ0v) is 13.1. The molecule has 0 bridgehead atoms. The lowest BCUT2D eigenvalue weighted by Gasteiger charge is -2.38. The molecule has 114 valence electrons. The zero-order chi connectivity index (χ0) is 15.0. The van der Waals surface area contributed by atoms with E-state index in [1.807, 2.05) is 6.07 Å². The number of benzene rings is 1. The van der Waals surface area contributed by atoms with Gasteiger partial charge in [-0.25, -0.2) is 0 Å². The Morgan fingerprint density at radius 3 is 2.43 bits per heavy atom. The molecule has 0 heterocycles. The maximum Gasteiger partial charge on any atom is 0.314 e. The van der Waals surface area contributed by atoms with E-state index in [9.17, 15) is 9.90 Å². The average molecular weight is 309 g/mol. The summed E-state index contributed by atoms with van der Waals surface area (Å²) in [7, 11) is 1.63. The summed E-state index contributed by atoms with van der Waals surface area (Å²) in [5.41, 5.74) is 1.22. The first-order valence-corrected chi connectivity index (χ1v) is 8.07. The molecule has 21 heavy (non-hydrogen) atoms. The number of halogens is 1. The molecule has 4 heteroatoms.